The van der Waals surface area contributed by atoms with Gasteiger partial charge in [0.15, 0.2) is 4.67 Å². The van der Waals surface area contributed by atoms with Gasteiger partial charge in [0.05, 0.1) is 12.6 Å². The van der Waals surface area contributed by atoms with Crippen LogP contribution >= 0.6 is 15.9 Å². The van der Waals surface area contributed by atoms with Crippen molar-refractivity contribution in [3.63, 3.8) is 0 Å². The van der Waals surface area contributed by atoms with Crippen LogP contribution in [0, 0.1) is 0 Å². The first-order chi connectivity index (χ1) is 9.74. The molecule has 0 saturated heterocycles. The molecule has 1 N–H and O–H groups in total. The lowest BCUT2D eigenvalue weighted by Gasteiger charge is -2.17. The third kappa shape index (κ3) is 3.87. The van der Waals surface area contributed by atoms with Crippen LogP contribution in [0.3, 0.4) is 0 Å². The minimum Gasteiger partial charge on any atom is -0.494 e. The smallest absolute Gasteiger partial charge is 0.169 e. The minimum absolute atomic E-state index is 0.0432. The number of halogens is 1. The molecule has 108 valence electrons. The van der Waals surface area contributed by atoms with Crippen LogP contribution in [-0.2, 0) is 0 Å². The largest absolute Gasteiger partial charge is 0.494 e. The summed E-state index contributed by atoms with van der Waals surface area (Å²) in [5, 5.41) is 3.51. The second-order valence-corrected chi connectivity index (χ2v) is 5.32. The van der Waals surface area contributed by atoms with E-state index in [9.17, 15) is 0 Å². The lowest BCUT2D eigenvalue weighted by molar-refractivity contribution is 0.339. The van der Waals surface area contributed by atoms with Crippen molar-refractivity contribution in [1.82, 2.24) is 5.32 Å². The number of nitrogens with one attached hydrogen (secondary N) is 1. The van der Waals surface area contributed by atoms with Crippen molar-refractivity contribution in [1.29, 1.82) is 0 Å². The first-order valence-electron chi connectivity index (χ1n) is 6.96. The van der Waals surface area contributed by atoms with E-state index >= 15 is 0 Å². The highest BCUT2D eigenvalue weighted by Gasteiger charge is 2.17. The van der Waals surface area contributed by atoms with Crippen LogP contribution in [0.15, 0.2) is 45.5 Å². The van der Waals surface area contributed by atoms with Gasteiger partial charge in [0.1, 0.15) is 11.5 Å². The highest BCUT2D eigenvalue weighted by atomic mass is 79.9. The third-order valence-corrected chi connectivity index (χ3v) is 3.41. The van der Waals surface area contributed by atoms with E-state index in [2.05, 4.69) is 40.3 Å². The standard InChI is InChI=1S/C16H20BrNO2/c1-3-10-18-16(14-8-9-15(17)20-14)12-6-5-7-13(11-12)19-4-2/h5-9,11,16,18H,3-4,10H2,1-2H3. The lowest BCUT2D eigenvalue weighted by Crippen LogP contribution is -2.22. The maximum atomic E-state index is 5.71. The predicted molar refractivity (Wildman–Crippen MR) is 84.2 cm³/mol. The van der Waals surface area contributed by atoms with Gasteiger partial charge in [-0.1, -0.05) is 19.1 Å². The second-order valence-electron chi connectivity index (χ2n) is 4.53. The summed E-state index contributed by atoms with van der Waals surface area (Å²) in [5.74, 6) is 1.79. The Morgan fingerprint density at radius 1 is 1.25 bits per heavy atom. The maximum absolute atomic E-state index is 5.71. The average Bonchev–Trinajstić information content (AvgIpc) is 2.87. The molecule has 0 fully saturated rings. The molecule has 0 amide bonds. The summed E-state index contributed by atoms with van der Waals surface area (Å²) < 4.78 is 12.0. The molecule has 0 aliphatic carbocycles. The van der Waals surface area contributed by atoms with Gasteiger partial charge in [-0.15, -0.1) is 0 Å². The first kappa shape index (κ1) is 15.1. The summed E-state index contributed by atoms with van der Waals surface area (Å²) >= 11 is 3.36. The summed E-state index contributed by atoms with van der Waals surface area (Å²) in [6, 6.07) is 12.1. The molecule has 20 heavy (non-hydrogen) atoms. The quantitative estimate of drug-likeness (QED) is 0.805. The van der Waals surface area contributed by atoms with Gasteiger partial charge in [0.25, 0.3) is 0 Å². The fourth-order valence-corrected chi connectivity index (χ4v) is 2.42. The molecule has 0 bridgehead atoms. The van der Waals surface area contributed by atoms with Crippen molar-refractivity contribution in [3.05, 3.63) is 52.4 Å². The number of hydrogen-bond acceptors (Lipinski definition) is 3. The van der Waals surface area contributed by atoms with Gasteiger partial charge in [0, 0.05) is 0 Å². The molecule has 2 aromatic rings. The zero-order valence-corrected chi connectivity index (χ0v) is 13.4. The van der Waals surface area contributed by atoms with Gasteiger partial charge < -0.3 is 14.5 Å². The summed E-state index contributed by atoms with van der Waals surface area (Å²) in [5.41, 5.74) is 1.14. The zero-order valence-electron chi connectivity index (χ0n) is 11.9. The molecule has 1 unspecified atom stereocenters. The molecule has 1 aromatic carbocycles. The zero-order chi connectivity index (χ0) is 14.4. The molecule has 0 spiro atoms. The molecule has 1 atom stereocenters. The van der Waals surface area contributed by atoms with Crippen molar-refractivity contribution in [3.8, 4) is 5.75 Å². The number of rotatable bonds is 7. The van der Waals surface area contributed by atoms with Crippen LogP contribution in [-0.4, -0.2) is 13.2 Å². The van der Waals surface area contributed by atoms with Crippen molar-refractivity contribution in [2.75, 3.05) is 13.2 Å². The number of benzene rings is 1. The summed E-state index contributed by atoms with van der Waals surface area (Å²) in [4.78, 5) is 0. The highest BCUT2D eigenvalue weighted by molar-refractivity contribution is 9.10. The molecule has 0 radical (unpaired) electrons. The highest BCUT2D eigenvalue weighted by Crippen LogP contribution is 2.28. The van der Waals surface area contributed by atoms with E-state index in [0.717, 1.165) is 34.7 Å². The van der Waals surface area contributed by atoms with Gasteiger partial charge in [-0.2, -0.15) is 0 Å². The van der Waals surface area contributed by atoms with Crippen LogP contribution in [0.25, 0.3) is 0 Å². The fraction of sp³-hybridized carbons (Fsp3) is 0.375. The Bertz CT molecular complexity index is 539. The van der Waals surface area contributed by atoms with Crippen molar-refractivity contribution < 1.29 is 9.15 Å². The van der Waals surface area contributed by atoms with Crippen LogP contribution in [0.5, 0.6) is 5.75 Å². The average molecular weight is 338 g/mol. The monoisotopic (exact) mass is 337 g/mol. The van der Waals surface area contributed by atoms with E-state index in [1.54, 1.807) is 0 Å². The van der Waals surface area contributed by atoms with Crippen LogP contribution in [0.4, 0.5) is 0 Å². The Kier molecular flexibility index (Phi) is 5.68. The van der Waals surface area contributed by atoms with E-state index in [0.29, 0.717) is 6.61 Å². The summed E-state index contributed by atoms with van der Waals surface area (Å²) in [6.07, 6.45) is 1.07. The molecule has 1 heterocycles. The summed E-state index contributed by atoms with van der Waals surface area (Å²) in [7, 11) is 0. The predicted octanol–water partition coefficient (Wildman–Crippen LogP) is 4.53. The van der Waals surface area contributed by atoms with Crippen molar-refractivity contribution in [2.45, 2.75) is 26.3 Å². The topological polar surface area (TPSA) is 34.4 Å². The molecular weight excluding hydrogens is 318 g/mol. The second kappa shape index (κ2) is 7.50. The third-order valence-electron chi connectivity index (χ3n) is 2.98. The molecule has 0 aliphatic heterocycles. The fourth-order valence-electron chi connectivity index (χ4n) is 2.11. The van der Waals surface area contributed by atoms with E-state index in [1.165, 1.54) is 0 Å². The van der Waals surface area contributed by atoms with Gasteiger partial charge in [0.2, 0.25) is 0 Å². The lowest BCUT2D eigenvalue weighted by atomic mass is 10.0. The van der Waals surface area contributed by atoms with Gasteiger partial charge in [-0.25, -0.2) is 0 Å². The maximum Gasteiger partial charge on any atom is 0.169 e. The van der Waals surface area contributed by atoms with E-state index in [-0.39, 0.29) is 6.04 Å². The number of hydrogen-bond donors (Lipinski definition) is 1. The van der Waals surface area contributed by atoms with Gasteiger partial charge in [-0.3, -0.25) is 0 Å². The molecule has 3 nitrogen and oxygen atoms in total. The molecule has 1 aromatic heterocycles. The normalized spacial score (nSPS) is 12.3. The molecule has 0 aliphatic rings. The van der Waals surface area contributed by atoms with Crippen LogP contribution in [0.1, 0.15) is 37.6 Å². The Hall–Kier alpha value is -1.26. The molecular formula is C16H20BrNO2. The van der Waals surface area contributed by atoms with Crippen molar-refractivity contribution in [2.24, 2.45) is 0 Å². The van der Waals surface area contributed by atoms with Crippen molar-refractivity contribution >= 4 is 15.9 Å². The molecule has 2 rings (SSSR count). The Morgan fingerprint density at radius 2 is 2.10 bits per heavy atom. The Morgan fingerprint density at radius 3 is 2.75 bits per heavy atom. The first-order valence-corrected chi connectivity index (χ1v) is 7.75. The Labute approximate surface area is 128 Å². The molecule has 4 heteroatoms. The van der Waals surface area contributed by atoms with E-state index in [4.69, 9.17) is 9.15 Å². The van der Waals surface area contributed by atoms with Gasteiger partial charge in [-0.05, 0) is 65.6 Å². The van der Waals surface area contributed by atoms with E-state index < -0.39 is 0 Å². The number of furan rings is 1. The molecule has 0 saturated carbocycles. The Balaban J connectivity index is 2.28. The van der Waals surface area contributed by atoms with Gasteiger partial charge >= 0.3 is 0 Å². The SMILES string of the molecule is CCCNC(c1cccc(OCC)c1)c1ccc(Br)o1. The summed E-state index contributed by atoms with van der Waals surface area (Å²) in [6.45, 7) is 5.74. The minimum atomic E-state index is 0.0432. The van der Waals surface area contributed by atoms with Crippen LogP contribution in [0.2, 0.25) is 0 Å². The van der Waals surface area contributed by atoms with E-state index in [1.807, 2.05) is 31.2 Å². The number of ether oxygens (including phenoxy) is 1. The van der Waals surface area contributed by atoms with Crippen LogP contribution < -0.4 is 10.1 Å².